The van der Waals surface area contributed by atoms with Crippen molar-refractivity contribution in [2.24, 2.45) is 0 Å². The van der Waals surface area contributed by atoms with Crippen LogP contribution >= 0.6 is 0 Å². The van der Waals surface area contributed by atoms with Crippen LogP contribution in [0.2, 0.25) is 0 Å². The average Bonchev–Trinajstić information content (AvgIpc) is 2.48. The van der Waals surface area contributed by atoms with Gasteiger partial charge in [-0.25, -0.2) is 0 Å². The van der Waals surface area contributed by atoms with Crippen LogP contribution in [0.1, 0.15) is 24.8 Å². The summed E-state index contributed by atoms with van der Waals surface area (Å²) in [6, 6.07) is 6.98. The highest BCUT2D eigenvalue weighted by Gasteiger charge is 2.12. The van der Waals surface area contributed by atoms with E-state index in [1.807, 2.05) is 12.1 Å². The average molecular weight is 277 g/mol. The lowest BCUT2D eigenvalue weighted by Crippen LogP contribution is -2.36. The zero-order valence-corrected chi connectivity index (χ0v) is 11.9. The lowest BCUT2D eigenvalue weighted by atomic mass is 10.1. The van der Waals surface area contributed by atoms with Gasteiger partial charge < -0.3 is 10.2 Å². The Hall–Kier alpha value is -1.46. The number of likely N-dealkylation sites (tertiary alicyclic amines) is 1. The van der Waals surface area contributed by atoms with E-state index < -0.39 is 0 Å². The van der Waals surface area contributed by atoms with Crippen LogP contribution in [0.25, 0.3) is 0 Å². The second kappa shape index (κ2) is 7.97. The van der Waals surface area contributed by atoms with Crippen molar-refractivity contribution in [3.05, 3.63) is 39.9 Å². The maximum absolute atomic E-state index is 10.9. The van der Waals surface area contributed by atoms with E-state index in [4.69, 9.17) is 0 Å². The van der Waals surface area contributed by atoms with Gasteiger partial charge in [0.1, 0.15) is 0 Å². The molecule has 5 nitrogen and oxygen atoms in total. The Morgan fingerprint density at radius 1 is 1.15 bits per heavy atom. The second-order valence-electron chi connectivity index (χ2n) is 5.29. The van der Waals surface area contributed by atoms with Crippen molar-refractivity contribution in [2.45, 2.75) is 25.7 Å². The van der Waals surface area contributed by atoms with Gasteiger partial charge in [0.05, 0.1) is 4.92 Å². The molecular formula is C15H23N3O2. The van der Waals surface area contributed by atoms with Crippen LogP contribution in [0.4, 0.5) is 5.69 Å². The summed E-state index contributed by atoms with van der Waals surface area (Å²) in [7, 11) is 0. The lowest BCUT2D eigenvalue weighted by Gasteiger charge is -2.26. The zero-order chi connectivity index (χ0) is 14.2. The first-order valence-corrected chi connectivity index (χ1v) is 7.43. The summed E-state index contributed by atoms with van der Waals surface area (Å²) in [5.41, 5.74) is 1.04. The molecule has 0 aromatic heterocycles. The van der Waals surface area contributed by atoms with E-state index in [0.29, 0.717) is 6.42 Å². The Morgan fingerprint density at radius 3 is 2.65 bits per heavy atom. The van der Waals surface area contributed by atoms with E-state index in [1.165, 1.54) is 32.4 Å². The molecule has 1 N–H and O–H groups in total. The van der Waals surface area contributed by atoms with Crippen LogP contribution in [0.3, 0.4) is 0 Å². The number of nitrogens with one attached hydrogen (secondary N) is 1. The topological polar surface area (TPSA) is 58.4 Å². The molecule has 2 rings (SSSR count). The van der Waals surface area contributed by atoms with Gasteiger partial charge in [-0.1, -0.05) is 24.6 Å². The first kappa shape index (κ1) is 14.9. The van der Waals surface area contributed by atoms with Gasteiger partial charge in [0.2, 0.25) is 0 Å². The van der Waals surface area contributed by atoms with Gasteiger partial charge in [-0.15, -0.1) is 0 Å². The quantitative estimate of drug-likeness (QED) is 0.471. The molecule has 1 heterocycles. The Kier molecular flexibility index (Phi) is 5.95. The van der Waals surface area contributed by atoms with Crippen LogP contribution in [0, 0.1) is 10.1 Å². The summed E-state index contributed by atoms with van der Waals surface area (Å²) in [5, 5.41) is 14.3. The van der Waals surface area contributed by atoms with Gasteiger partial charge in [0.15, 0.2) is 0 Å². The van der Waals surface area contributed by atoms with Crippen LogP contribution < -0.4 is 5.32 Å². The van der Waals surface area contributed by atoms with Crippen molar-refractivity contribution < 1.29 is 4.92 Å². The second-order valence-corrected chi connectivity index (χ2v) is 5.29. The Balaban J connectivity index is 1.67. The van der Waals surface area contributed by atoms with E-state index in [-0.39, 0.29) is 10.6 Å². The van der Waals surface area contributed by atoms with E-state index in [1.54, 1.807) is 12.1 Å². The van der Waals surface area contributed by atoms with Crippen molar-refractivity contribution in [1.29, 1.82) is 0 Å². The van der Waals surface area contributed by atoms with Crippen LogP contribution in [0.15, 0.2) is 24.3 Å². The number of benzene rings is 1. The molecule has 0 bridgehead atoms. The van der Waals surface area contributed by atoms with Crippen molar-refractivity contribution in [1.82, 2.24) is 10.2 Å². The van der Waals surface area contributed by atoms with E-state index in [9.17, 15) is 10.1 Å². The molecule has 1 saturated heterocycles. The van der Waals surface area contributed by atoms with Crippen LogP contribution in [0.5, 0.6) is 0 Å². The van der Waals surface area contributed by atoms with Gasteiger partial charge in [-0.05, 0) is 38.9 Å². The molecule has 1 aliphatic heterocycles. The monoisotopic (exact) mass is 277 g/mol. The fraction of sp³-hybridized carbons (Fsp3) is 0.600. The summed E-state index contributed by atoms with van der Waals surface area (Å²) >= 11 is 0. The van der Waals surface area contributed by atoms with Gasteiger partial charge in [-0.2, -0.15) is 0 Å². The standard InChI is InChI=1S/C15H23N3O2/c19-18(20)15-7-3-2-6-14(15)8-9-16-10-13-17-11-4-1-5-12-17/h2-3,6-7,16H,1,4-5,8-13H2. The molecule has 0 unspecified atom stereocenters. The molecule has 110 valence electrons. The normalized spacial score (nSPS) is 16.2. The number of hydrogen-bond acceptors (Lipinski definition) is 4. The fourth-order valence-corrected chi connectivity index (χ4v) is 2.67. The van der Waals surface area contributed by atoms with Crippen molar-refractivity contribution in [3.63, 3.8) is 0 Å². The van der Waals surface area contributed by atoms with E-state index in [2.05, 4.69) is 10.2 Å². The molecule has 0 aliphatic carbocycles. The predicted octanol–water partition coefficient (Wildman–Crippen LogP) is 2.21. The molecule has 1 aromatic carbocycles. The summed E-state index contributed by atoms with van der Waals surface area (Å²) in [4.78, 5) is 13.1. The Bertz CT molecular complexity index is 431. The lowest BCUT2D eigenvalue weighted by molar-refractivity contribution is -0.385. The van der Waals surface area contributed by atoms with Crippen molar-refractivity contribution >= 4 is 5.69 Å². The van der Waals surface area contributed by atoms with Crippen LogP contribution in [-0.4, -0.2) is 42.5 Å². The highest BCUT2D eigenvalue weighted by Crippen LogP contribution is 2.17. The molecule has 1 aromatic rings. The Morgan fingerprint density at radius 2 is 1.90 bits per heavy atom. The molecule has 0 radical (unpaired) electrons. The third kappa shape index (κ3) is 4.58. The molecule has 0 atom stereocenters. The minimum atomic E-state index is -0.303. The highest BCUT2D eigenvalue weighted by atomic mass is 16.6. The van der Waals surface area contributed by atoms with Crippen LogP contribution in [-0.2, 0) is 6.42 Å². The minimum Gasteiger partial charge on any atom is -0.315 e. The zero-order valence-electron chi connectivity index (χ0n) is 11.9. The SMILES string of the molecule is O=[N+]([O-])c1ccccc1CCNCCN1CCCCC1. The van der Waals surface area contributed by atoms with Crippen molar-refractivity contribution in [2.75, 3.05) is 32.7 Å². The molecule has 0 saturated carbocycles. The number of nitrogens with zero attached hydrogens (tertiary/aromatic N) is 2. The maximum Gasteiger partial charge on any atom is 0.272 e. The van der Waals surface area contributed by atoms with Gasteiger partial charge in [0, 0.05) is 24.7 Å². The molecular weight excluding hydrogens is 254 g/mol. The third-order valence-corrected chi connectivity index (χ3v) is 3.81. The first-order valence-electron chi connectivity index (χ1n) is 7.43. The minimum absolute atomic E-state index is 0.227. The number of para-hydroxylation sites is 1. The molecule has 0 spiro atoms. The molecule has 1 aliphatic rings. The van der Waals surface area contributed by atoms with E-state index >= 15 is 0 Å². The van der Waals surface area contributed by atoms with Gasteiger partial charge >= 0.3 is 0 Å². The number of piperidine rings is 1. The number of rotatable bonds is 7. The molecule has 0 amide bonds. The third-order valence-electron chi connectivity index (χ3n) is 3.81. The van der Waals surface area contributed by atoms with E-state index in [0.717, 1.165) is 25.2 Å². The number of nitro groups is 1. The predicted molar refractivity (Wildman–Crippen MR) is 80.0 cm³/mol. The van der Waals surface area contributed by atoms with Gasteiger partial charge in [0.25, 0.3) is 5.69 Å². The molecule has 1 fully saturated rings. The molecule has 5 heteroatoms. The summed E-state index contributed by atoms with van der Waals surface area (Å²) < 4.78 is 0. The summed E-state index contributed by atoms with van der Waals surface area (Å²) in [6.45, 7) is 5.26. The van der Waals surface area contributed by atoms with Gasteiger partial charge in [-0.3, -0.25) is 10.1 Å². The number of nitro benzene ring substituents is 1. The smallest absolute Gasteiger partial charge is 0.272 e. The first-order chi connectivity index (χ1) is 9.77. The van der Waals surface area contributed by atoms with Crippen molar-refractivity contribution in [3.8, 4) is 0 Å². The summed E-state index contributed by atoms with van der Waals surface area (Å²) in [5.74, 6) is 0. The Labute approximate surface area is 120 Å². The maximum atomic E-state index is 10.9. The summed E-state index contributed by atoms with van der Waals surface area (Å²) in [6.07, 6.45) is 4.70. The highest BCUT2D eigenvalue weighted by molar-refractivity contribution is 5.39. The molecule has 20 heavy (non-hydrogen) atoms. The fourth-order valence-electron chi connectivity index (χ4n) is 2.67. The largest absolute Gasteiger partial charge is 0.315 e. The number of hydrogen-bond donors (Lipinski definition) is 1.